The Balaban J connectivity index is 1.69. The zero-order valence-electron chi connectivity index (χ0n) is 15.6. The lowest BCUT2D eigenvalue weighted by Crippen LogP contribution is -2.33. The lowest BCUT2D eigenvalue weighted by Gasteiger charge is -2.30. The predicted molar refractivity (Wildman–Crippen MR) is 103 cm³/mol. The van der Waals surface area contributed by atoms with E-state index in [1.165, 1.54) is 6.20 Å². The summed E-state index contributed by atoms with van der Waals surface area (Å²) in [5, 5.41) is 2.72. The van der Waals surface area contributed by atoms with Gasteiger partial charge >= 0.3 is 5.97 Å². The Morgan fingerprint density at radius 3 is 2.59 bits per heavy atom. The summed E-state index contributed by atoms with van der Waals surface area (Å²) in [5.74, 6) is 0.622. The average Bonchev–Trinajstić information content (AvgIpc) is 2.69. The number of ether oxygens (including phenoxy) is 1. The number of hydrogen-bond donors (Lipinski definition) is 1. The van der Waals surface area contributed by atoms with E-state index in [0.29, 0.717) is 11.3 Å². The van der Waals surface area contributed by atoms with E-state index in [-0.39, 0.29) is 12.3 Å². The van der Waals surface area contributed by atoms with Crippen molar-refractivity contribution in [2.24, 2.45) is 5.92 Å². The molecule has 1 N–H and O–H groups in total. The fraction of sp³-hybridized carbons (Fsp3) is 0.400. The summed E-state index contributed by atoms with van der Waals surface area (Å²) in [6.07, 6.45) is 5.36. The number of rotatable bonds is 5. The molecule has 0 radical (unpaired) electrons. The highest BCUT2D eigenvalue weighted by Crippen LogP contribution is 2.21. The van der Waals surface area contributed by atoms with Gasteiger partial charge in [0, 0.05) is 13.1 Å². The van der Waals surface area contributed by atoms with E-state index in [9.17, 15) is 9.59 Å². The summed E-state index contributed by atoms with van der Waals surface area (Å²) < 4.78 is 5.02. The van der Waals surface area contributed by atoms with Crippen molar-refractivity contribution >= 4 is 23.4 Å². The average molecular weight is 368 g/mol. The molecule has 2 heterocycles. The monoisotopic (exact) mass is 368 g/mol. The predicted octanol–water partition coefficient (Wildman–Crippen LogP) is 3.14. The molecule has 1 aromatic carbocycles. The number of nitrogens with one attached hydrogen (secondary N) is 1. The van der Waals surface area contributed by atoms with Crippen LogP contribution in [0.3, 0.4) is 0 Å². The van der Waals surface area contributed by atoms with E-state index in [0.717, 1.165) is 37.7 Å². The minimum atomic E-state index is -0.478. The highest BCUT2D eigenvalue weighted by molar-refractivity contribution is 6.06. The Kier molecular flexibility index (Phi) is 6.01. The molecule has 1 saturated heterocycles. The molecule has 0 bridgehead atoms. The number of nitrogens with zero attached hydrogens (tertiary/aromatic N) is 3. The molecule has 0 unspecified atom stereocenters. The van der Waals surface area contributed by atoms with Crippen molar-refractivity contribution in [3.05, 3.63) is 47.9 Å². The summed E-state index contributed by atoms with van der Waals surface area (Å²) >= 11 is 0. The quantitative estimate of drug-likeness (QED) is 0.816. The van der Waals surface area contributed by atoms with Crippen LogP contribution in [0, 0.1) is 5.92 Å². The smallest absolute Gasteiger partial charge is 0.340 e. The number of benzene rings is 1. The Morgan fingerprint density at radius 2 is 1.93 bits per heavy atom. The fourth-order valence-corrected chi connectivity index (χ4v) is 3.00. The van der Waals surface area contributed by atoms with Gasteiger partial charge in [-0.25, -0.2) is 14.8 Å². The van der Waals surface area contributed by atoms with Crippen LogP contribution in [-0.4, -0.2) is 41.5 Å². The van der Waals surface area contributed by atoms with Crippen LogP contribution >= 0.6 is 0 Å². The molecule has 2 aromatic rings. The second-order valence-electron chi connectivity index (χ2n) is 6.65. The second-order valence-corrected chi connectivity index (χ2v) is 6.65. The van der Waals surface area contributed by atoms with Crippen LogP contribution in [0.4, 0.5) is 11.5 Å². The van der Waals surface area contributed by atoms with Crippen molar-refractivity contribution in [3.63, 3.8) is 0 Å². The minimum Gasteiger partial charge on any atom is -0.462 e. The molecule has 1 aromatic heterocycles. The molecule has 7 heteroatoms. The van der Waals surface area contributed by atoms with Gasteiger partial charge in [0.15, 0.2) is 0 Å². The maximum Gasteiger partial charge on any atom is 0.340 e. The second kappa shape index (κ2) is 8.62. The molecule has 3 rings (SSSR count). The molecule has 27 heavy (non-hydrogen) atoms. The van der Waals surface area contributed by atoms with Gasteiger partial charge in [0.2, 0.25) is 0 Å². The number of esters is 1. The van der Waals surface area contributed by atoms with E-state index in [2.05, 4.69) is 27.1 Å². The van der Waals surface area contributed by atoms with Crippen LogP contribution in [-0.2, 0) is 4.74 Å². The SMILES string of the molecule is CCOC(=O)c1ccccc1NC(=O)c1cnc(N2CCC(C)CC2)cn1. The lowest BCUT2D eigenvalue weighted by molar-refractivity contribution is 0.0527. The molecule has 142 valence electrons. The van der Waals surface area contributed by atoms with E-state index in [1.807, 2.05) is 0 Å². The number of aromatic nitrogens is 2. The summed E-state index contributed by atoms with van der Waals surface area (Å²) in [7, 11) is 0. The van der Waals surface area contributed by atoms with Crippen molar-refractivity contribution in [1.82, 2.24) is 9.97 Å². The van der Waals surface area contributed by atoms with Crippen LogP contribution in [0.2, 0.25) is 0 Å². The number of hydrogen-bond acceptors (Lipinski definition) is 6. The van der Waals surface area contributed by atoms with Crippen molar-refractivity contribution < 1.29 is 14.3 Å². The highest BCUT2D eigenvalue weighted by Gasteiger charge is 2.19. The van der Waals surface area contributed by atoms with Crippen molar-refractivity contribution in [2.45, 2.75) is 26.7 Å². The van der Waals surface area contributed by atoms with Crippen LogP contribution in [0.5, 0.6) is 0 Å². The van der Waals surface area contributed by atoms with Crippen LogP contribution in [0.1, 0.15) is 47.5 Å². The molecule has 0 saturated carbocycles. The van der Waals surface area contributed by atoms with Gasteiger partial charge in [-0.1, -0.05) is 19.1 Å². The zero-order chi connectivity index (χ0) is 19.2. The van der Waals surface area contributed by atoms with Gasteiger partial charge in [-0.15, -0.1) is 0 Å². The van der Waals surface area contributed by atoms with E-state index in [4.69, 9.17) is 4.74 Å². The highest BCUT2D eigenvalue weighted by atomic mass is 16.5. The van der Waals surface area contributed by atoms with Gasteiger partial charge in [-0.3, -0.25) is 4.79 Å². The number of anilines is 2. The van der Waals surface area contributed by atoms with E-state index >= 15 is 0 Å². The third kappa shape index (κ3) is 4.61. The van der Waals surface area contributed by atoms with Crippen LogP contribution in [0.15, 0.2) is 36.7 Å². The van der Waals surface area contributed by atoms with Gasteiger partial charge in [-0.2, -0.15) is 0 Å². The number of piperidine rings is 1. The first-order chi connectivity index (χ1) is 13.1. The molecule has 1 aliphatic heterocycles. The third-order valence-corrected chi connectivity index (χ3v) is 4.65. The van der Waals surface area contributed by atoms with Crippen LogP contribution < -0.4 is 10.2 Å². The third-order valence-electron chi connectivity index (χ3n) is 4.65. The molecule has 7 nitrogen and oxygen atoms in total. The number of carbonyl (C=O) groups excluding carboxylic acids is 2. The van der Waals surface area contributed by atoms with Gasteiger partial charge in [0.25, 0.3) is 5.91 Å². The Hall–Kier alpha value is -2.96. The summed E-state index contributed by atoms with van der Waals surface area (Å²) in [5.41, 5.74) is 0.888. The largest absolute Gasteiger partial charge is 0.462 e. The summed E-state index contributed by atoms with van der Waals surface area (Å²) in [6.45, 7) is 6.16. The van der Waals surface area contributed by atoms with Gasteiger partial charge in [-0.05, 0) is 37.8 Å². The van der Waals surface area contributed by atoms with Crippen molar-refractivity contribution in [3.8, 4) is 0 Å². The first-order valence-corrected chi connectivity index (χ1v) is 9.23. The molecule has 0 atom stereocenters. The summed E-state index contributed by atoms with van der Waals surface area (Å²) in [6, 6.07) is 6.72. The van der Waals surface area contributed by atoms with E-state index in [1.54, 1.807) is 37.4 Å². The molecular formula is C20H24N4O3. The molecule has 1 fully saturated rings. The maximum atomic E-state index is 12.5. The molecule has 0 spiro atoms. The minimum absolute atomic E-state index is 0.197. The normalized spacial score (nSPS) is 14.7. The number of amides is 1. The maximum absolute atomic E-state index is 12.5. The zero-order valence-corrected chi connectivity index (χ0v) is 15.6. The van der Waals surface area contributed by atoms with Crippen molar-refractivity contribution in [2.75, 3.05) is 29.9 Å². The topological polar surface area (TPSA) is 84.4 Å². The Morgan fingerprint density at radius 1 is 1.19 bits per heavy atom. The number of para-hydroxylation sites is 1. The summed E-state index contributed by atoms with van der Waals surface area (Å²) in [4.78, 5) is 35.3. The van der Waals surface area contributed by atoms with Crippen molar-refractivity contribution in [1.29, 1.82) is 0 Å². The van der Waals surface area contributed by atoms with Crippen LogP contribution in [0.25, 0.3) is 0 Å². The molecule has 1 aliphatic rings. The standard InChI is InChI=1S/C20H24N4O3/c1-3-27-20(26)15-6-4-5-7-16(15)23-19(25)17-12-22-18(13-21-17)24-10-8-14(2)9-11-24/h4-7,12-14H,3,8-11H2,1-2H3,(H,23,25). The van der Waals surface area contributed by atoms with Gasteiger partial charge < -0.3 is 15.0 Å². The molecular weight excluding hydrogens is 344 g/mol. The first kappa shape index (κ1) is 18.8. The Labute approximate surface area is 158 Å². The molecule has 0 aliphatic carbocycles. The molecule has 1 amide bonds. The Bertz CT molecular complexity index is 799. The fourth-order valence-electron chi connectivity index (χ4n) is 3.00. The van der Waals surface area contributed by atoms with Gasteiger partial charge in [0.05, 0.1) is 30.3 Å². The number of carbonyl (C=O) groups is 2. The van der Waals surface area contributed by atoms with E-state index < -0.39 is 11.9 Å². The van der Waals surface area contributed by atoms with Gasteiger partial charge in [0.1, 0.15) is 11.5 Å². The lowest BCUT2D eigenvalue weighted by atomic mass is 9.99. The first-order valence-electron chi connectivity index (χ1n) is 9.23.